The van der Waals surface area contributed by atoms with Crippen LogP contribution >= 0.6 is 11.3 Å². The molecule has 0 amide bonds. The minimum atomic E-state index is 0.520. The molecule has 0 unspecified atom stereocenters. The van der Waals surface area contributed by atoms with E-state index in [4.69, 9.17) is 14.7 Å². The summed E-state index contributed by atoms with van der Waals surface area (Å²) in [6.45, 7) is 4.11. The maximum Gasteiger partial charge on any atom is 0.198 e. The molecule has 2 aromatic heterocycles. The Hall–Kier alpha value is -2.51. The summed E-state index contributed by atoms with van der Waals surface area (Å²) >= 11 is 1.76. The normalized spacial score (nSPS) is 18.1. The Morgan fingerprint density at radius 2 is 1.75 bits per heavy atom. The van der Waals surface area contributed by atoms with E-state index >= 15 is 0 Å². The van der Waals surface area contributed by atoms with Gasteiger partial charge in [-0.3, -0.25) is 0 Å². The quantitative estimate of drug-likeness (QED) is 0.555. The van der Waals surface area contributed by atoms with Gasteiger partial charge in [-0.15, -0.1) is 0 Å². The number of aromatic nitrogens is 3. The van der Waals surface area contributed by atoms with Gasteiger partial charge in [0.1, 0.15) is 5.75 Å². The van der Waals surface area contributed by atoms with E-state index in [1.807, 2.05) is 18.3 Å². The first-order chi connectivity index (χ1) is 15.7. The molecule has 0 N–H and O–H groups in total. The maximum absolute atomic E-state index is 5.37. The smallest absolute Gasteiger partial charge is 0.198 e. The van der Waals surface area contributed by atoms with Gasteiger partial charge in [0.2, 0.25) is 0 Å². The predicted molar refractivity (Wildman–Crippen MR) is 130 cm³/mol. The second-order valence-electron chi connectivity index (χ2n) is 8.80. The summed E-state index contributed by atoms with van der Waals surface area (Å²) in [6, 6.07) is 8.19. The SMILES string of the molecule is COc1ccc(-c2nc(N3CCN(C)CC3)sc2-c2n[c]ncc2C2CCCCC2)cc1. The van der Waals surface area contributed by atoms with Crippen molar-refractivity contribution < 1.29 is 4.74 Å². The Labute approximate surface area is 194 Å². The standard InChI is InChI=1S/C25H30N5OS/c1-29-12-14-30(15-13-29)25-28-22(19-8-10-20(31-2)11-9-19)24(32-25)23-21(16-26-17-27-23)18-6-4-3-5-7-18/h8-11,16,18H,3-7,12-15H2,1-2H3. The fourth-order valence-electron chi connectivity index (χ4n) is 4.74. The maximum atomic E-state index is 5.37. The lowest BCUT2D eigenvalue weighted by Gasteiger charge is -2.32. The summed E-state index contributed by atoms with van der Waals surface area (Å²) in [6.07, 6.45) is 11.2. The Morgan fingerprint density at radius 3 is 2.47 bits per heavy atom. The number of likely N-dealkylation sites (N-methyl/N-ethyl adjacent to an activating group) is 1. The van der Waals surface area contributed by atoms with Gasteiger partial charge in [-0.1, -0.05) is 30.6 Å². The van der Waals surface area contributed by atoms with Crippen LogP contribution in [0, 0.1) is 6.33 Å². The van der Waals surface area contributed by atoms with Crippen LogP contribution in [-0.4, -0.2) is 60.2 Å². The van der Waals surface area contributed by atoms with Gasteiger partial charge in [-0.2, -0.15) is 0 Å². The van der Waals surface area contributed by atoms with Gasteiger partial charge < -0.3 is 14.5 Å². The molecule has 1 aromatic carbocycles. The Balaban J connectivity index is 1.59. The summed E-state index contributed by atoms with van der Waals surface area (Å²) < 4.78 is 5.37. The Morgan fingerprint density at radius 1 is 1.00 bits per heavy atom. The average Bonchev–Trinajstić information content (AvgIpc) is 3.30. The third-order valence-electron chi connectivity index (χ3n) is 6.71. The van der Waals surface area contributed by atoms with E-state index in [0.717, 1.165) is 58.9 Å². The first kappa shape index (κ1) is 21.3. The predicted octanol–water partition coefficient (Wildman–Crippen LogP) is 4.88. The molecule has 2 aliphatic rings. The first-order valence-electron chi connectivity index (χ1n) is 11.5. The van der Waals surface area contributed by atoms with E-state index in [2.05, 4.69) is 40.3 Å². The number of nitrogens with zero attached hydrogens (tertiary/aromatic N) is 5. The molecule has 3 aromatic rings. The number of rotatable bonds is 5. The molecule has 1 aliphatic heterocycles. The van der Waals surface area contributed by atoms with Gasteiger partial charge in [0, 0.05) is 43.5 Å². The van der Waals surface area contributed by atoms with Crippen molar-refractivity contribution in [3.05, 3.63) is 42.4 Å². The fourth-order valence-corrected chi connectivity index (χ4v) is 5.90. The average molecular weight is 449 g/mol. The van der Waals surface area contributed by atoms with E-state index < -0.39 is 0 Å². The van der Waals surface area contributed by atoms with Crippen molar-refractivity contribution in [2.45, 2.75) is 38.0 Å². The van der Waals surface area contributed by atoms with Crippen LogP contribution in [0.25, 0.3) is 21.8 Å². The lowest BCUT2D eigenvalue weighted by atomic mass is 9.83. The summed E-state index contributed by atoms with van der Waals surface area (Å²) in [5, 5.41) is 1.08. The van der Waals surface area contributed by atoms with Crippen molar-refractivity contribution in [1.82, 2.24) is 19.9 Å². The molecule has 1 saturated carbocycles. The second-order valence-corrected chi connectivity index (χ2v) is 9.78. The number of anilines is 1. The van der Waals surface area contributed by atoms with Crippen molar-refractivity contribution in [3.8, 4) is 27.6 Å². The lowest BCUT2D eigenvalue weighted by molar-refractivity contribution is 0.313. The van der Waals surface area contributed by atoms with E-state index in [1.54, 1.807) is 18.4 Å². The molecule has 3 heterocycles. The van der Waals surface area contributed by atoms with Crippen LogP contribution < -0.4 is 9.64 Å². The summed E-state index contributed by atoms with van der Waals surface area (Å²) in [5.74, 6) is 1.37. The molecule has 1 radical (unpaired) electrons. The van der Waals surface area contributed by atoms with Gasteiger partial charge in [-0.25, -0.2) is 15.0 Å². The topological polar surface area (TPSA) is 54.4 Å². The molecule has 7 heteroatoms. The zero-order chi connectivity index (χ0) is 21.9. The highest BCUT2D eigenvalue weighted by molar-refractivity contribution is 7.19. The van der Waals surface area contributed by atoms with Crippen LogP contribution in [0.5, 0.6) is 5.75 Å². The van der Waals surface area contributed by atoms with Gasteiger partial charge >= 0.3 is 0 Å². The van der Waals surface area contributed by atoms with E-state index in [9.17, 15) is 0 Å². The van der Waals surface area contributed by atoms with E-state index in [0.29, 0.717) is 5.92 Å². The Bertz CT molecular complexity index is 1040. The number of hydrogen-bond donors (Lipinski definition) is 0. The lowest BCUT2D eigenvalue weighted by Crippen LogP contribution is -2.44. The third-order valence-corrected chi connectivity index (χ3v) is 7.83. The molecule has 167 valence electrons. The molecule has 0 atom stereocenters. The van der Waals surface area contributed by atoms with Gasteiger partial charge in [-0.05, 0) is 50.1 Å². The van der Waals surface area contributed by atoms with Crippen LogP contribution in [0.2, 0.25) is 0 Å². The first-order valence-corrected chi connectivity index (χ1v) is 12.4. The van der Waals surface area contributed by atoms with Crippen LogP contribution in [0.3, 0.4) is 0 Å². The summed E-state index contributed by atoms with van der Waals surface area (Å²) in [5.41, 5.74) is 4.35. The number of benzene rings is 1. The molecule has 5 rings (SSSR count). The molecule has 1 saturated heterocycles. The third kappa shape index (κ3) is 4.36. The second kappa shape index (κ2) is 9.55. The highest BCUT2D eigenvalue weighted by atomic mass is 32.1. The minimum absolute atomic E-state index is 0.520. The van der Waals surface area contributed by atoms with Gasteiger partial charge in [0.25, 0.3) is 0 Å². The van der Waals surface area contributed by atoms with Crippen LogP contribution in [0.4, 0.5) is 5.13 Å². The fraction of sp³-hybridized carbons (Fsp3) is 0.480. The molecule has 1 aliphatic carbocycles. The number of thiazole rings is 1. The number of ether oxygens (including phenoxy) is 1. The largest absolute Gasteiger partial charge is 0.497 e. The summed E-state index contributed by atoms with van der Waals surface area (Å²) in [7, 11) is 3.88. The van der Waals surface area contributed by atoms with Gasteiger partial charge in [0.15, 0.2) is 11.5 Å². The highest BCUT2D eigenvalue weighted by Crippen LogP contribution is 2.44. The van der Waals surface area contributed by atoms with Crippen molar-refractivity contribution in [2.24, 2.45) is 0 Å². The number of methoxy groups -OCH3 is 1. The van der Waals surface area contributed by atoms with Gasteiger partial charge in [0.05, 0.1) is 23.4 Å². The van der Waals surface area contributed by atoms with Crippen molar-refractivity contribution in [2.75, 3.05) is 45.2 Å². The molecule has 0 spiro atoms. The minimum Gasteiger partial charge on any atom is -0.497 e. The van der Waals surface area contributed by atoms with Crippen LogP contribution in [0.15, 0.2) is 30.5 Å². The van der Waals surface area contributed by atoms with Crippen molar-refractivity contribution in [1.29, 1.82) is 0 Å². The van der Waals surface area contributed by atoms with Crippen LogP contribution in [-0.2, 0) is 0 Å². The molecule has 2 fully saturated rings. The molecular formula is C25H30N5OS. The Kier molecular flexibility index (Phi) is 6.37. The van der Waals surface area contributed by atoms with Crippen molar-refractivity contribution in [3.63, 3.8) is 0 Å². The van der Waals surface area contributed by atoms with E-state index in [1.165, 1.54) is 37.7 Å². The van der Waals surface area contributed by atoms with Crippen molar-refractivity contribution >= 4 is 16.5 Å². The molecule has 6 nitrogen and oxygen atoms in total. The summed E-state index contributed by atoms with van der Waals surface area (Å²) in [4.78, 5) is 20.1. The monoisotopic (exact) mass is 448 g/mol. The molecule has 32 heavy (non-hydrogen) atoms. The zero-order valence-electron chi connectivity index (χ0n) is 18.9. The molecule has 0 bridgehead atoms. The zero-order valence-corrected chi connectivity index (χ0v) is 19.7. The molecular weight excluding hydrogens is 418 g/mol. The van der Waals surface area contributed by atoms with E-state index in [-0.39, 0.29) is 0 Å². The van der Waals surface area contributed by atoms with Crippen LogP contribution in [0.1, 0.15) is 43.6 Å². The number of piperazine rings is 1. The number of hydrogen-bond acceptors (Lipinski definition) is 7. The highest BCUT2D eigenvalue weighted by Gasteiger charge is 2.26.